The van der Waals surface area contributed by atoms with E-state index in [2.05, 4.69) is 5.32 Å². The maximum atomic E-state index is 13.7. The number of hydrogen-bond acceptors (Lipinski definition) is 3. The molecule has 0 aliphatic carbocycles. The summed E-state index contributed by atoms with van der Waals surface area (Å²) in [6.07, 6.45) is 1.57. The molecule has 1 unspecified atom stereocenters. The molecular formula is C14H22FNO2S. The first-order valence-corrected chi connectivity index (χ1v) is 8.25. The van der Waals surface area contributed by atoms with Gasteiger partial charge in [-0.3, -0.25) is 0 Å². The Morgan fingerprint density at radius 3 is 2.37 bits per heavy atom. The average Bonchev–Trinajstić information content (AvgIpc) is 2.29. The second kappa shape index (κ2) is 6.01. The van der Waals surface area contributed by atoms with E-state index in [4.69, 9.17) is 0 Å². The summed E-state index contributed by atoms with van der Waals surface area (Å²) in [6.45, 7) is 5.90. The van der Waals surface area contributed by atoms with E-state index in [1.807, 2.05) is 6.92 Å². The van der Waals surface area contributed by atoms with Crippen LogP contribution in [0, 0.1) is 5.82 Å². The summed E-state index contributed by atoms with van der Waals surface area (Å²) in [5, 5.41) is 3.16. The van der Waals surface area contributed by atoms with E-state index in [-0.39, 0.29) is 11.9 Å². The zero-order valence-corrected chi connectivity index (χ0v) is 12.7. The van der Waals surface area contributed by atoms with Crippen LogP contribution >= 0.6 is 0 Å². The number of benzene rings is 1. The Balaban J connectivity index is 3.06. The predicted octanol–water partition coefficient (Wildman–Crippen LogP) is 2.17. The first-order valence-electron chi connectivity index (χ1n) is 6.36. The lowest BCUT2D eigenvalue weighted by Crippen LogP contribution is -2.52. The average molecular weight is 287 g/mol. The van der Waals surface area contributed by atoms with Gasteiger partial charge in [0.1, 0.15) is 5.82 Å². The van der Waals surface area contributed by atoms with Crippen molar-refractivity contribution in [3.8, 4) is 0 Å². The molecule has 1 rings (SSSR count). The molecule has 0 saturated carbocycles. The molecule has 0 fully saturated rings. The van der Waals surface area contributed by atoms with Crippen molar-refractivity contribution in [1.82, 2.24) is 5.32 Å². The highest BCUT2D eigenvalue weighted by molar-refractivity contribution is 7.92. The van der Waals surface area contributed by atoms with E-state index in [0.29, 0.717) is 18.5 Å². The zero-order chi connectivity index (χ0) is 14.7. The third kappa shape index (κ3) is 3.76. The normalized spacial score (nSPS) is 14.4. The summed E-state index contributed by atoms with van der Waals surface area (Å²) >= 11 is 0. The summed E-state index contributed by atoms with van der Waals surface area (Å²) < 4.78 is 36.6. The summed E-state index contributed by atoms with van der Waals surface area (Å²) in [5.41, 5.74) is 0.533. The Morgan fingerprint density at radius 2 is 1.89 bits per heavy atom. The third-order valence-electron chi connectivity index (χ3n) is 3.63. The van der Waals surface area contributed by atoms with Crippen LogP contribution in [0.3, 0.4) is 0 Å². The predicted molar refractivity (Wildman–Crippen MR) is 76.5 cm³/mol. The van der Waals surface area contributed by atoms with E-state index in [1.54, 1.807) is 32.0 Å². The fourth-order valence-corrected chi connectivity index (χ4v) is 2.64. The SMILES string of the molecule is CCNC(Cc1ccccc1F)C(C)(C)S(C)(=O)=O. The van der Waals surface area contributed by atoms with E-state index in [9.17, 15) is 12.8 Å². The lowest BCUT2D eigenvalue weighted by molar-refractivity contribution is 0.408. The van der Waals surface area contributed by atoms with Crippen LogP contribution < -0.4 is 5.32 Å². The molecule has 1 N–H and O–H groups in total. The minimum atomic E-state index is -3.24. The van der Waals surface area contributed by atoms with Crippen LogP contribution in [0.4, 0.5) is 4.39 Å². The first kappa shape index (κ1) is 16.1. The van der Waals surface area contributed by atoms with Crippen molar-refractivity contribution in [3.05, 3.63) is 35.6 Å². The topological polar surface area (TPSA) is 46.2 Å². The van der Waals surface area contributed by atoms with Crippen LogP contribution in [-0.4, -0.2) is 32.0 Å². The van der Waals surface area contributed by atoms with Crippen molar-refractivity contribution in [3.63, 3.8) is 0 Å². The third-order valence-corrected chi connectivity index (χ3v) is 5.82. The molecule has 0 aliphatic rings. The van der Waals surface area contributed by atoms with Crippen molar-refractivity contribution in [2.45, 2.75) is 38.0 Å². The molecule has 1 aromatic carbocycles. The largest absolute Gasteiger partial charge is 0.312 e. The van der Waals surface area contributed by atoms with Crippen LogP contribution in [-0.2, 0) is 16.3 Å². The second-order valence-electron chi connectivity index (χ2n) is 5.28. The zero-order valence-electron chi connectivity index (χ0n) is 11.9. The molecule has 0 aromatic heterocycles. The van der Waals surface area contributed by atoms with Crippen molar-refractivity contribution in [1.29, 1.82) is 0 Å². The van der Waals surface area contributed by atoms with Crippen molar-refractivity contribution in [2.24, 2.45) is 0 Å². The molecular weight excluding hydrogens is 265 g/mol. The quantitative estimate of drug-likeness (QED) is 0.872. The molecule has 0 heterocycles. The lowest BCUT2D eigenvalue weighted by atomic mass is 9.95. The minimum absolute atomic E-state index is 0.297. The smallest absolute Gasteiger partial charge is 0.154 e. The van der Waals surface area contributed by atoms with Gasteiger partial charge in [0.15, 0.2) is 9.84 Å². The highest BCUT2D eigenvalue weighted by Crippen LogP contribution is 2.24. The molecule has 1 atom stereocenters. The fourth-order valence-electron chi connectivity index (χ4n) is 1.95. The highest BCUT2D eigenvalue weighted by atomic mass is 32.2. The summed E-state index contributed by atoms with van der Waals surface area (Å²) in [6, 6.07) is 6.14. The van der Waals surface area contributed by atoms with E-state index < -0.39 is 14.6 Å². The van der Waals surface area contributed by atoms with Gasteiger partial charge in [0, 0.05) is 12.3 Å². The fraction of sp³-hybridized carbons (Fsp3) is 0.571. The van der Waals surface area contributed by atoms with Gasteiger partial charge < -0.3 is 5.32 Å². The Labute approximate surface area is 115 Å². The molecule has 0 spiro atoms. The molecule has 5 heteroatoms. The van der Waals surface area contributed by atoms with E-state index in [1.165, 1.54) is 12.3 Å². The Bertz CT molecular complexity index is 526. The number of rotatable bonds is 6. The molecule has 0 radical (unpaired) electrons. The Kier molecular flexibility index (Phi) is 5.10. The van der Waals surface area contributed by atoms with Gasteiger partial charge in [0.05, 0.1) is 4.75 Å². The van der Waals surface area contributed by atoms with Crippen molar-refractivity contribution >= 4 is 9.84 Å². The molecule has 0 saturated heterocycles. The number of nitrogens with one attached hydrogen (secondary N) is 1. The molecule has 0 aliphatic heterocycles. The number of likely N-dealkylation sites (N-methyl/N-ethyl adjacent to an activating group) is 1. The van der Waals surface area contributed by atoms with Crippen LogP contribution in [0.25, 0.3) is 0 Å². The van der Waals surface area contributed by atoms with Crippen molar-refractivity contribution in [2.75, 3.05) is 12.8 Å². The highest BCUT2D eigenvalue weighted by Gasteiger charge is 2.38. The maximum absolute atomic E-state index is 13.7. The van der Waals surface area contributed by atoms with Gasteiger partial charge in [-0.25, -0.2) is 12.8 Å². The maximum Gasteiger partial charge on any atom is 0.154 e. The van der Waals surface area contributed by atoms with Crippen molar-refractivity contribution < 1.29 is 12.8 Å². The van der Waals surface area contributed by atoms with Crippen LogP contribution in [0.2, 0.25) is 0 Å². The lowest BCUT2D eigenvalue weighted by Gasteiger charge is -2.33. The number of sulfone groups is 1. The standard InChI is InChI=1S/C14H22FNO2S/c1-5-16-13(14(2,3)19(4,17)18)10-11-8-6-7-9-12(11)15/h6-9,13,16H,5,10H2,1-4H3. The number of halogens is 1. The second-order valence-corrected chi connectivity index (χ2v) is 7.88. The van der Waals surface area contributed by atoms with Crippen LogP contribution in [0.5, 0.6) is 0 Å². The molecule has 108 valence electrons. The molecule has 19 heavy (non-hydrogen) atoms. The van der Waals surface area contributed by atoms with Gasteiger partial charge in [-0.1, -0.05) is 25.1 Å². The van der Waals surface area contributed by atoms with Gasteiger partial charge >= 0.3 is 0 Å². The minimum Gasteiger partial charge on any atom is -0.312 e. The van der Waals surface area contributed by atoms with Crippen LogP contribution in [0.15, 0.2) is 24.3 Å². The number of hydrogen-bond donors (Lipinski definition) is 1. The summed E-state index contributed by atoms with van der Waals surface area (Å²) in [7, 11) is -3.24. The molecule has 0 amide bonds. The Morgan fingerprint density at radius 1 is 1.32 bits per heavy atom. The van der Waals surface area contributed by atoms with E-state index in [0.717, 1.165) is 0 Å². The van der Waals surface area contributed by atoms with Crippen LogP contribution in [0.1, 0.15) is 26.3 Å². The van der Waals surface area contributed by atoms with Gasteiger partial charge in [-0.05, 0) is 38.4 Å². The van der Waals surface area contributed by atoms with E-state index >= 15 is 0 Å². The summed E-state index contributed by atoms with van der Waals surface area (Å²) in [4.78, 5) is 0. The van der Waals surface area contributed by atoms with Gasteiger partial charge in [0.2, 0.25) is 0 Å². The summed E-state index contributed by atoms with van der Waals surface area (Å²) in [5.74, 6) is -0.297. The van der Waals surface area contributed by atoms with Gasteiger partial charge in [-0.2, -0.15) is 0 Å². The molecule has 3 nitrogen and oxygen atoms in total. The molecule has 1 aromatic rings. The molecule has 0 bridgehead atoms. The van der Waals surface area contributed by atoms with Gasteiger partial charge in [0.25, 0.3) is 0 Å². The monoisotopic (exact) mass is 287 g/mol. The van der Waals surface area contributed by atoms with Gasteiger partial charge in [-0.15, -0.1) is 0 Å². The first-order chi connectivity index (χ1) is 8.70. The Hall–Kier alpha value is -0.940.